The first kappa shape index (κ1) is 19.9. The van der Waals surface area contributed by atoms with Crippen molar-refractivity contribution in [1.82, 2.24) is 0 Å². The van der Waals surface area contributed by atoms with Gasteiger partial charge in [-0.05, 0) is 86.5 Å². The summed E-state index contributed by atoms with van der Waals surface area (Å²) < 4.78 is 5.61. The van der Waals surface area contributed by atoms with E-state index in [-0.39, 0.29) is 25.2 Å². The highest BCUT2D eigenvalue weighted by atomic mass is 16.6. The molecule has 4 nitrogen and oxygen atoms in total. The van der Waals surface area contributed by atoms with Crippen molar-refractivity contribution in [3.8, 4) is 0 Å². The third-order valence-electron chi connectivity index (χ3n) is 9.16. The molecule has 0 aromatic carbocycles. The third kappa shape index (κ3) is 2.94. The predicted molar refractivity (Wildman–Crippen MR) is 105 cm³/mol. The first-order chi connectivity index (χ1) is 12.9. The van der Waals surface area contributed by atoms with Crippen LogP contribution in [0.1, 0.15) is 71.6 Å². The lowest BCUT2D eigenvalue weighted by atomic mass is 9.44. The summed E-state index contributed by atoms with van der Waals surface area (Å²) in [6, 6.07) is 0. The zero-order valence-corrected chi connectivity index (χ0v) is 17.1. The topological polar surface area (TPSA) is 69.9 Å². The molecule has 4 heteroatoms. The predicted octanol–water partition coefficient (Wildman–Crippen LogP) is 3.65. The van der Waals surface area contributed by atoms with E-state index in [1.807, 2.05) is 0 Å². The highest BCUT2D eigenvalue weighted by molar-refractivity contribution is 5.31. The summed E-state index contributed by atoms with van der Waals surface area (Å²) in [4.78, 5) is 0. The summed E-state index contributed by atoms with van der Waals surface area (Å²) in [5.41, 5.74) is 0.990. The number of fused-ring (bicyclic) bond motifs is 5. The molecule has 0 heterocycles. The molecule has 4 rings (SSSR count). The van der Waals surface area contributed by atoms with E-state index in [1.54, 1.807) is 6.92 Å². The molecule has 0 amide bonds. The molecule has 27 heavy (non-hydrogen) atoms. The average molecular weight is 379 g/mol. The lowest BCUT2D eigenvalue weighted by molar-refractivity contribution is -0.188. The Morgan fingerprint density at radius 3 is 2.67 bits per heavy atom. The smallest absolute Gasteiger partial charge is 0.186 e. The molecular formula is C23H38O4. The molecule has 4 aliphatic carbocycles. The van der Waals surface area contributed by atoms with Crippen molar-refractivity contribution in [2.45, 2.75) is 77.4 Å². The van der Waals surface area contributed by atoms with Gasteiger partial charge in [-0.25, -0.2) is 0 Å². The van der Waals surface area contributed by atoms with E-state index in [9.17, 15) is 10.2 Å². The number of aliphatic hydroxyl groups is 3. The van der Waals surface area contributed by atoms with Gasteiger partial charge in [0.1, 0.15) is 0 Å². The molecule has 0 bridgehead atoms. The Kier molecular flexibility index (Phi) is 5.24. The molecule has 4 aliphatic rings. The molecule has 0 aromatic rings. The highest BCUT2D eigenvalue weighted by Crippen LogP contribution is 2.67. The molecule has 2 unspecified atom stereocenters. The van der Waals surface area contributed by atoms with Gasteiger partial charge in [-0.3, -0.25) is 0 Å². The van der Waals surface area contributed by atoms with E-state index < -0.39 is 5.79 Å². The zero-order valence-electron chi connectivity index (χ0n) is 17.1. The molecule has 0 aromatic heterocycles. The summed E-state index contributed by atoms with van der Waals surface area (Å²) in [5, 5.41) is 30.7. The summed E-state index contributed by atoms with van der Waals surface area (Å²) >= 11 is 0. The Morgan fingerprint density at radius 2 is 1.93 bits per heavy atom. The molecule has 7 atom stereocenters. The van der Waals surface area contributed by atoms with Crippen LogP contribution in [0.4, 0.5) is 0 Å². The maximum atomic E-state index is 11.0. The molecule has 3 saturated carbocycles. The van der Waals surface area contributed by atoms with Crippen LogP contribution in [-0.2, 0) is 4.74 Å². The van der Waals surface area contributed by atoms with Crippen molar-refractivity contribution in [2.75, 3.05) is 19.8 Å². The number of ether oxygens (including phenoxy) is 1. The SMILES string of the molecule is CC(O)(OCCO)C1=CC[C@H]2[C@@H]3CCC4CCCC[C@]4(C)[C@H]3CC[C@]12CO. The van der Waals surface area contributed by atoms with Crippen molar-refractivity contribution < 1.29 is 20.1 Å². The highest BCUT2D eigenvalue weighted by Gasteiger charge is 2.61. The third-order valence-corrected chi connectivity index (χ3v) is 9.16. The number of aliphatic hydroxyl groups excluding tert-OH is 2. The summed E-state index contributed by atoms with van der Waals surface area (Å²) in [6.07, 6.45) is 13.4. The van der Waals surface area contributed by atoms with Crippen molar-refractivity contribution in [3.05, 3.63) is 11.6 Å². The Bertz CT molecular complexity index is 585. The fourth-order valence-electron chi connectivity index (χ4n) is 7.95. The number of rotatable bonds is 5. The molecular weight excluding hydrogens is 340 g/mol. The lowest BCUT2D eigenvalue weighted by Crippen LogP contribution is -2.55. The Morgan fingerprint density at radius 1 is 1.11 bits per heavy atom. The van der Waals surface area contributed by atoms with Crippen molar-refractivity contribution in [3.63, 3.8) is 0 Å². The van der Waals surface area contributed by atoms with Gasteiger partial charge >= 0.3 is 0 Å². The molecule has 154 valence electrons. The molecule has 0 aliphatic heterocycles. The van der Waals surface area contributed by atoms with Crippen LogP contribution in [0.15, 0.2) is 11.6 Å². The van der Waals surface area contributed by atoms with E-state index in [0.29, 0.717) is 17.3 Å². The van der Waals surface area contributed by atoms with Crippen LogP contribution in [0.25, 0.3) is 0 Å². The van der Waals surface area contributed by atoms with Gasteiger partial charge in [0.25, 0.3) is 0 Å². The molecule has 0 spiro atoms. The maximum Gasteiger partial charge on any atom is 0.186 e. The quantitative estimate of drug-likeness (QED) is 0.504. The van der Waals surface area contributed by atoms with E-state index in [2.05, 4.69) is 13.0 Å². The number of hydrogen-bond donors (Lipinski definition) is 3. The van der Waals surface area contributed by atoms with Crippen LogP contribution in [0.3, 0.4) is 0 Å². The molecule has 3 N–H and O–H groups in total. The van der Waals surface area contributed by atoms with Crippen molar-refractivity contribution in [1.29, 1.82) is 0 Å². The maximum absolute atomic E-state index is 11.0. The minimum Gasteiger partial charge on any atom is -0.395 e. The minimum absolute atomic E-state index is 0.0888. The van der Waals surface area contributed by atoms with Crippen LogP contribution in [0.2, 0.25) is 0 Å². The van der Waals surface area contributed by atoms with Crippen LogP contribution in [-0.4, -0.2) is 40.9 Å². The van der Waals surface area contributed by atoms with E-state index >= 15 is 0 Å². The van der Waals surface area contributed by atoms with Gasteiger partial charge in [0, 0.05) is 5.41 Å². The van der Waals surface area contributed by atoms with Gasteiger partial charge in [-0.1, -0.05) is 25.8 Å². The van der Waals surface area contributed by atoms with Crippen LogP contribution in [0, 0.1) is 34.5 Å². The van der Waals surface area contributed by atoms with Gasteiger partial charge in [0.2, 0.25) is 0 Å². The van der Waals surface area contributed by atoms with Gasteiger partial charge in [-0.15, -0.1) is 0 Å². The largest absolute Gasteiger partial charge is 0.395 e. The lowest BCUT2D eigenvalue weighted by Gasteiger charge is -2.61. The Hall–Kier alpha value is -0.420. The molecule has 0 saturated heterocycles. The van der Waals surface area contributed by atoms with Gasteiger partial charge in [0.05, 0.1) is 19.8 Å². The molecule has 0 radical (unpaired) electrons. The Balaban J connectivity index is 1.61. The van der Waals surface area contributed by atoms with E-state index in [1.165, 1.54) is 38.5 Å². The standard InChI is InChI=1S/C23H38O4/c1-21-11-4-3-5-16(21)6-7-17-18(21)10-12-23(15-25)19(17)8-9-20(23)22(2,26)27-14-13-24/h9,16-19,24-26H,3-8,10-15H2,1-2H3/t16?,17-,18+,19+,21+,22?,23-/m1/s1. The fourth-order valence-corrected chi connectivity index (χ4v) is 7.95. The van der Waals surface area contributed by atoms with Crippen LogP contribution in [0.5, 0.6) is 0 Å². The van der Waals surface area contributed by atoms with Crippen molar-refractivity contribution >= 4 is 0 Å². The molecule has 3 fully saturated rings. The van der Waals surface area contributed by atoms with E-state index in [0.717, 1.165) is 36.7 Å². The summed E-state index contributed by atoms with van der Waals surface area (Å²) in [7, 11) is 0. The fraction of sp³-hybridized carbons (Fsp3) is 0.913. The van der Waals surface area contributed by atoms with Crippen molar-refractivity contribution in [2.24, 2.45) is 34.5 Å². The second-order valence-corrected chi connectivity index (χ2v) is 10.2. The average Bonchev–Trinajstić information content (AvgIpc) is 3.07. The van der Waals surface area contributed by atoms with Crippen LogP contribution >= 0.6 is 0 Å². The monoisotopic (exact) mass is 378 g/mol. The van der Waals surface area contributed by atoms with Gasteiger partial charge in [0.15, 0.2) is 5.79 Å². The van der Waals surface area contributed by atoms with Gasteiger partial charge < -0.3 is 20.1 Å². The summed E-state index contributed by atoms with van der Waals surface area (Å²) in [5.74, 6) is 1.31. The number of hydrogen-bond acceptors (Lipinski definition) is 4. The number of allylic oxidation sites excluding steroid dienone is 1. The second kappa shape index (κ2) is 7.12. The normalized spacial score (nSPS) is 46.0. The van der Waals surface area contributed by atoms with Crippen LogP contribution < -0.4 is 0 Å². The van der Waals surface area contributed by atoms with Gasteiger partial charge in [-0.2, -0.15) is 0 Å². The first-order valence-corrected chi connectivity index (χ1v) is 11.2. The zero-order chi connectivity index (χ0) is 19.3. The Labute approximate surface area is 164 Å². The van der Waals surface area contributed by atoms with E-state index in [4.69, 9.17) is 9.84 Å². The first-order valence-electron chi connectivity index (χ1n) is 11.2. The minimum atomic E-state index is -1.40. The second-order valence-electron chi connectivity index (χ2n) is 10.2. The summed E-state index contributed by atoms with van der Waals surface area (Å²) in [6.45, 7) is 4.33.